The predicted octanol–water partition coefficient (Wildman–Crippen LogP) is 9.79. The number of unbranched alkanes of at least 4 members (excludes halogenated alkanes) is 19. The fourth-order valence-electron chi connectivity index (χ4n) is 5.12. The van der Waals surface area contributed by atoms with Gasteiger partial charge in [-0.3, -0.25) is 9.35 Å². The van der Waals surface area contributed by atoms with Crippen molar-refractivity contribution in [3.05, 3.63) is 36.5 Å². The lowest BCUT2D eigenvalue weighted by Gasteiger charge is -2.21. The number of aliphatic hydroxyl groups excluding tert-OH is 1. The summed E-state index contributed by atoms with van der Waals surface area (Å²) < 4.78 is 32.2. The molecule has 0 rings (SSSR count). The summed E-state index contributed by atoms with van der Waals surface area (Å²) in [5, 5.41) is 13.1. The number of aliphatic hydroxyl groups is 1. The molecule has 3 N–H and O–H groups in total. The monoisotopic (exact) mass is 625 g/mol. The Kier molecular flexibility index (Phi) is 29.6. The molecule has 2 atom stereocenters. The molecule has 0 aliphatic carbocycles. The van der Waals surface area contributed by atoms with Gasteiger partial charge in [-0.25, -0.2) is 0 Å². The highest BCUT2D eigenvalue weighted by Crippen LogP contribution is 2.12. The van der Waals surface area contributed by atoms with Crippen LogP contribution in [-0.4, -0.2) is 41.9 Å². The molecule has 0 saturated carbocycles. The third-order valence-electron chi connectivity index (χ3n) is 7.81. The molecule has 0 aliphatic heterocycles. The smallest absolute Gasteiger partial charge is 0.267 e. The van der Waals surface area contributed by atoms with Crippen LogP contribution in [0.1, 0.15) is 168 Å². The van der Waals surface area contributed by atoms with E-state index in [-0.39, 0.29) is 12.3 Å². The van der Waals surface area contributed by atoms with Gasteiger partial charge < -0.3 is 10.4 Å². The van der Waals surface area contributed by atoms with Crippen molar-refractivity contribution in [1.82, 2.24) is 5.32 Å². The Morgan fingerprint density at radius 1 is 0.628 bits per heavy atom. The van der Waals surface area contributed by atoms with Crippen molar-refractivity contribution < 1.29 is 22.9 Å². The summed E-state index contributed by atoms with van der Waals surface area (Å²) >= 11 is 0. The third kappa shape index (κ3) is 31.8. The molecule has 0 heterocycles. The first-order valence-corrected chi connectivity index (χ1v) is 19.3. The van der Waals surface area contributed by atoms with Crippen LogP contribution in [0.25, 0.3) is 0 Å². The molecule has 7 heteroatoms. The molecule has 0 radical (unpaired) electrons. The van der Waals surface area contributed by atoms with Crippen LogP contribution < -0.4 is 5.32 Å². The standard InChI is InChI=1S/C36H67NO5S/c1-3-5-7-9-11-13-15-16-17-18-19-20-21-22-24-26-28-30-32-36(39)37-34(33-43(40,41)42)35(38)31-29-27-25-23-14-12-10-8-6-4-2/h13,15,17-18,29,31,34-35,38H,3-12,14,16,19-28,30,32-33H2,1-2H3,(H,37,39)(H,40,41,42)/b15-13-,18-17-,31-29+. The molecule has 0 bridgehead atoms. The molecule has 0 fully saturated rings. The van der Waals surface area contributed by atoms with Gasteiger partial charge in [-0.2, -0.15) is 8.42 Å². The maximum atomic E-state index is 12.4. The van der Waals surface area contributed by atoms with Gasteiger partial charge in [-0.1, -0.05) is 147 Å². The lowest BCUT2D eigenvalue weighted by molar-refractivity contribution is -0.122. The zero-order chi connectivity index (χ0) is 31.9. The number of hydrogen-bond acceptors (Lipinski definition) is 4. The Labute approximate surface area is 266 Å². The van der Waals surface area contributed by atoms with E-state index in [4.69, 9.17) is 0 Å². The van der Waals surface area contributed by atoms with Crippen molar-refractivity contribution in [2.75, 3.05) is 5.75 Å². The van der Waals surface area contributed by atoms with Crippen LogP contribution in [0.4, 0.5) is 0 Å². The highest BCUT2D eigenvalue weighted by molar-refractivity contribution is 7.85. The Balaban J connectivity index is 3.98. The molecule has 2 unspecified atom stereocenters. The Bertz CT molecular complexity index is 821. The predicted molar refractivity (Wildman–Crippen MR) is 184 cm³/mol. The molecule has 43 heavy (non-hydrogen) atoms. The van der Waals surface area contributed by atoms with Crippen molar-refractivity contribution >= 4 is 16.0 Å². The van der Waals surface area contributed by atoms with Crippen LogP contribution in [0.2, 0.25) is 0 Å². The number of amides is 1. The minimum absolute atomic E-state index is 0.286. The van der Waals surface area contributed by atoms with E-state index < -0.39 is 28.0 Å². The summed E-state index contributed by atoms with van der Waals surface area (Å²) in [6, 6.07) is -1.06. The van der Waals surface area contributed by atoms with Gasteiger partial charge in [0.05, 0.1) is 17.9 Å². The summed E-state index contributed by atoms with van der Waals surface area (Å²) in [5.41, 5.74) is 0. The average molecular weight is 626 g/mol. The van der Waals surface area contributed by atoms with Crippen LogP contribution in [0.3, 0.4) is 0 Å². The normalized spacial score (nSPS) is 13.9. The molecule has 0 aromatic heterocycles. The first-order chi connectivity index (χ1) is 20.8. The van der Waals surface area contributed by atoms with Crippen molar-refractivity contribution in [3.63, 3.8) is 0 Å². The molecule has 0 saturated heterocycles. The largest absolute Gasteiger partial charge is 0.387 e. The molecule has 0 spiro atoms. The lowest BCUT2D eigenvalue weighted by atomic mass is 10.1. The van der Waals surface area contributed by atoms with Crippen LogP contribution in [0, 0.1) is 0 Å². The number of carbonyl (C=O) groups excluding carboxylic acids is 1. The maximum absolute atomic E-state index is 12.4. The summed E-state index contributed by atoms with van der Waals surface area (Å²) in [6.07, 6.45) is 38.4. The zero-order valence-electron chi connectivity index (χ0n) is 27.8. The number of allylic oxidation sites excluding steroid dienone is 5. The van der Waals surface area contributed by atoms with E-state index in [2.05, 4.69) is 43.5 Å². The van der Waals surface area contributed by atoms with Gasteiger partial charge in [0.2, 0.25) is 5.91 Å². The van der Waals surface area contributed by atoms with E-state index in [0.29, 0.717) is 0 Å². The van der Waals surface area contributed by atoms with Gasteiger partial charge in [0.25, 0.3) is 10.1 Å². The van der Waals surface area contributed by atoms with Crippen LogP contribution in [0.5, 0.6) is 0 Å². The van der Waals surface area contributed by atoms with Gasteiger partial charge >= 0.3 is 0 Å². The fraction of sp³-hybridized carbons (Fsp3) is 0.806. The molecular formula is C36H67NO5S. The van der Waals surface area contributed by atoms with E-state index in [1.807, 2.05) is 6.08 Å². The van der Waals surface area contributed by atoms with Gasteiger partial charge in [0.15, 0.2) is 0 Å². The first kappa shape index (κ1) is 41.6. The second-order valence-electron chi connectivity index (χ2n) is 12.1. The third-order valence-corrected chi connectivity index (χ3v) is 8.59. The maximum Gasteiger partial charge on any atom is 0.267 e. The Morgan fingerprint density at radius 2 is 1.05 bits per heavy atom. The Morgan fingerprint density at radius 3 is 1.53 bits per heavy atom. The number of carbonyl (C=O) groups is 1. The van der Waals surface area contributed by atoms with E-state index in [1.165, 1.54) is 89.9 Å². The summed E-state index contributed by atoms with van der Waals surface area (Å²) in [6.45, 7) is 4.46. The zero-order valence-corrected chi connectivity index (χ0v) is 28.6. The van der Waals surface area contributed by atoms with E-state index in [0.717, 1.165) is 57.8 Å². The van der Waals surface area contributed by atoms with E-state index in [1.54, 1.807) is 6.08 Å². The van der Waals surface area contributed by atoms with Crippen molar-refractivity contribution in [3.8, 4) is 0 Å². The minimum Gasteiger partial charge on any atom is -0.387 e. The van der Waals surface area contributed by atoms with Gasteiger partial charge in [0, 0.05) is 6.42 Å². The van der Waals surface area contributed by atoms with Crippen molar-refractivity contribution in [2.45, 2.75) is 180 Å². The van der Waals surface area contributed by atoms with Gasteiger partial charge in [-0.15, -0.1) is 0 Å². The molecule has 252 valence electrons. The fourth-order valence-corrected chi connectivity index (χ4v) is 5.86. The first-order valence-electron chi connectivity index (χ1n) is 17.7. The van der Waals surface area contributed by atoms with Crippen molar-refractivity contribution in [2.24, 2.45) is 0 Å². The van der Waals surface area contributed by atoms with Crippen LogP contribution >= 0.6 is 0 Å². The number of nitrogens with one attached hydrogen (secondary N) is 1. The molecule has 0 aromatic carbocycles. The lowest BCUT2D eigenvalue weighted by Crippen LogP contribution is -2.46. The Hall–Kier alpha value is -1.44. The SMILES string of the molecule is CCCCCC/C=C\C/C=C\CCCCCCCCCC(=O)NC(CS(=O)(=O)O)C(O)/C=C/CCCCCCCCCC. The van der Waals surface area contributed by atoms with Crippen molar-refractivity contribution in [1.29, 1.82) is 0 Å². The molecule has 0 aliphatic rings. The second kappa shape index (κ2) is 30.6. The molecular weight excluding hydrogens is 558 g/mol. The van der Waals surface area contributed by atoms with Crippen LogP contribution in [0.15, 0.2) is 36.5 Å². The van der Waals surface area contributed by atoms with Gasteiger partial charge in [0.1, 0.15) is 0 Å². The quantitative estimate of drug-likeness (QED) is 0.0404. The summed E-state index contributed by atoms with van der Waals surface area (Å²) in [5.74, 6) is -0.991. The van der Waals surface area contributed by atoms with E-state index >= 15 is 0 Å². The summed E-state index contributed by atoms with van der Waals surface area (Å²) in [7, 11) is -4.34. The van der Waals surface area contributed by atoms with Crippen LogP contribution in [-0.2, 0) is 14.9 Å². The topological polar surface area (TPSA) is 104 Å². The highest BCUT2D eigenvalue weighted by Gasteiger charge is 2.24. The summed E-state index contributed by atoms with van der Waals surface area (Å²) in [4.78, 5) is 12.4. The highest BCUT2D eigenvalue weighted by atomic mass is 32.2. The molecule has 0 aromatic rings. The average Bonchev–Trinajstić information content (AvgIpc) is 2.96. The molecule has 6 nitrogen and oxygen atoms in total. The minimum atomic E-state index is -4.34. The number of rotatable bonds is 31. The molecule has 1 amide bonds. The number of hydrogen-bond donors (Lipinski definition) is 3. The second-order valence-corrected chi connectivity index (χ2v) is 13.6. The van der Waals surface area contributed by atoms with Gasteiger partial charge in [-0.05, 0) is 51.4 Å². The van der Waals surface area contributed by atoms with E-state index in [9.17, 15) is 22.9 Å².